The van der Waals surface area contributed by atoms with E-state index in [1.165, 1.54) is 16.7 Å². The Morgan fingerprint density at radius 1 is 0.667 bits per heavy atom. The lowest BCUT2D eigenvalue weighted by atomic mass is 9.87. The predicted octanol–water partition coefficient (Wildman–Crippen LogP) is 5.64. The summed E-state index contributed by atoms with van der Waals surface area (Å²) in [5.74, 6) is 0. The molecule has 0 fully saturated rings. The molecule has 0 atom stereocenters. The fraction of sp³-hybridized carbons (Fsp3) is 0.400. The van der Waals surface area contributed by atoms with Gasteiger partial charge in [0.2, 0.25) is 0 Å². The van der Waals surface area contributed by atoms with E-state index < -0.39 is 0 Å². The first-order chi connectivity index (χ1) is 9.68. The lowest BCUT2D eigenvalue weighted by molar-refractivity contribution is 0.589. The van der Waals surface area contributed by atoms with Crippen molar-refractivity contribution >= 4 is 5.69 Å². The van der Waals surface area contributed by atoms with Crippen molar-refractivity contribution in [2.75, 3.05) is 5.32 Å². The predicted molar refractivity (Wildman–Crippen MR) is 93.0 cm³/mol. The van der Waals surface area contributed by atoms with Gasteiger partial charge in [-0.3, -0.25) is 0 Å². The number of rotatable bonds is 3. The second kappa shape index (κ2) is 5.55. The van der Waals surface area contributed by atoms with E-state index in [1.54, 1.807) is 0 Å². The van der Waals surface area contributed by atoms with Gasteiger partial charge in [-0.05, 0) is 49.4 Å². The van der Waals surface area contributed by atoms with Gasteiger partial charge in [0.05, 0.1) is 5.54 Å². The Labute approximate surface area is 129 Å². The topological polar surface area (TPSA) is 12.0 Å². The molecule has 0 amide bonds. The van der Waals surface area contributed by atoms with Crippen molar-refractivity contribution < 1.29 is 0 Å². The SMILES string of the molecule is Cc1ccc(C(C)(C)Nc2ccc(C(C)(C)C)cc2)cc1. The maximum absolute atomic E-state index is 3.63. The van der Waals surface area contributed by atoms with Gasteiger partial charge in [0.15, 0.2) is 0 Å². The summed E-state index contributed by atoms with van der Waals surface area (Å²) >= 11 is 0. The highest BCUT2D eigenvalue weighted by Crippen LogP contribution is 2.28. The number of hydrogen-bond acceptors (Lipinski definition) is 1. The van der Waals surface area contributed by atoms with E-state index in [4.69, 9.17) is 0 Å². The molecule has 112 valence electrons. The van der Waals surface area contributed by atoms with Crippen molar-refractivity contribution in [3.05, 3.63) is 65.2 Å². The number of anilines is 1. The molecule has 1 N–H and O–H groups in total. The first-order valence-corrected chi connectivity index (χ1v) is 7.64. The largest absolute Gasteiger partial charge is 0.376 e. The maximum atomic E-state index is 3.63. The number of aryl methyl sites for hydroxylation is 1. The van der Waals surface area contributed by atoms with E-state index in [9.17, 15) is 0 Å². The van der Waals surface area contributed by atoms with Gasteiger partial charge in [0.25, 0.3) is 0 Å². The van der Waals surface area contributed by atoms with Crippen LogP contribution in [0, 0.1) is 6.92 Å². The first-order valence-electron chi connectivity index (χ1n) is 7.64. The van der Waals surface area contributed by atoms with Crippen LogP contribution in [0.25, 0.3) is 0 Å². The van der Waals surface area contributed by atoms with Gasteiger partial charge in [-0.2, -0.15) is 0 Å². The van der Waals surface area contributed by atoms with Crippen LogP contribution in [-0.2, 0) is 11.0 Å². The van der Waals surface area contributed by atoms with Crippen molar-refractivity contribution in [3.63, 3.8) is 0 Å². The monoisotopic (exact) mass is 281 g/mol. The quantitative estimate of drug-likeness (QED) is 0.767. The second-order valence-electron chi connectivity index (χ2n) is 7.44. The molecule has 0 aromatic heterocycles. The summed E-state index contributed by atoms with van der Waals surface area (Å²) in [6.07, 6.45) is 0. The van der Waals surface area contributed by atoms with Crippen molar-refractivity contribution in [2.45, 2.75) is 52.5 Å². The normalized spacial score (nSPS) is 12.3. The van der Waals surface area contributed by atoms with E-state index >= 15 is 0 Å². The zero-order valence-corrected chi connectivity index (χ0v) is 14.1. The van der Waals surface area contributed by atoms with Crippen LogP contribution in [0.5, 0.6) is 0 Å². The van der Waals surface area contributed by atoms with Crippen molar-refractivity contribution in [1.29, 1.82) is 0 Å². The van der Waals surface area contributed by atoms with E-state index in [-0.39, 0.29) is 11.0 Å². The van der Waals surface area contributed by atoms with Gasteiger partial charge in [-0.15, -0.1) is 0 Å². The molecular formula is C20H27N. The molecular weight excluding hydrogens is 254 g/mol. The van der Waals surface area contributed by atoms with Gasteiger partial charge in [-0.25, -0.2) is 0 Å². The average Bonchev–Trinajstić information content (AvgIpc) is 2.38. The molecule has 0 saturated carbocycles. The standard InChI is InChI=1S/C20H27N/c1-15-7-9-17(10-8-15)20(5,6)21-18-13-11-16(12-14-18)19(2,3)4/h7-14,21H,1-6H3. The fourth-order valence-electron chi connectivity index (χ4n) is 2.46. The zero-order valence-electron chi connectivity index (χ0n) is 14.1. The molecule has 0 aliphatic heterocycles. The summed E-state index contributed by atoms with van der Waals surface area (Å²) in [5.41, 5.74) is 5.23. The third-order valence-corrected chi connectivity index (χ3v) is 3.98. The van der Waals surface area contributed by atoms with Crippen LogP contribution in [0.15, 0.2) is 48.5 Å². The van der Waals surface area contributed by atoms with Crippen LogP contribution in [0.4, 0.5) is 5.69 Å². The summed E-state index contributed by atoms with van der Waals surface area (Å²) < 4.78 is 0. The molecule has 1 nitrogen and oxygen atoms in total. The Kier molecular flexibility index (Phi) is 4.13. The number of nitrogens with one attached hydrogen (secondary N) is 1. The van der Waals surface area contributed by atoms with Crippen molar-refractivity contribution in [2.24, 2.45) is 0 Å². The van der Waals surface area contributed by atoms with Gasteiger partial charge >= 0.3 is 0 Å². The molecule has 0 aliphatic carbocycles. The van der Waals surface area contributed by atoms with E-state index in [0.29, 0.717) is 0 Å². The van der Waals surface area contributed by atoms with Crippen LogP contribution < -0.4 is 5.32 Å². The first kappa shape index (κ1) is 15.6. The third-order valence-electron chi connectivity index (χ3n) is 3.98. The van der Waals surface area contributed by atoms with Gasteiger partial charge in [-0.1, -0.05) is 62.7 Å². The summed E-state index contributed by atoms with van der Waals surface area (Å²) in [4.78, 5) is 0. The zero-order chi connectivity index (χ0) is 15.7. The Morgan fingerprint density at radius 3 is 1.62 bits per heavy atom. The number of hydrogen-bond donors (Lipinski definition) is 1. The Morgan fingerprint density at radius 2 is 1.14 bits per heavy atom. The minimum Gasteiger partial charge on any atom is -0.376 e. The van der Waals surface area contributed by atoms with Crippen molar-refractivity contribution in [3.8, 4) is 0 Å². The molecule has 2 aromatic carbocycles. The highest BCUT2D eigenvalue weighted by molar-refractivity contribution is 5.49. The highest BCUT2D eigenvalue weighted by Gasteiger charge is 2.20. The summed E-state index contributed by atoms with van der Waals surface area (Å²) in [7, 11) is 0. The molecule has 21 heavy (non-hydrogen) atoms. The third kappa shape index (κ3) is 3.87. The summed E-state index contributed by atoms with van der Waals surface area (Å²) in [6, 6.07) is 17.5. The molecule has 0 saturated heterocycles. The highest BCUT2D eigenvalue weighted by atomic mass is 15.0. The molecule has 0 radical (unpaired) electrons. The minimum absolute atomic E-state index is 0.0864. The van der Waals surface area contributed by atoms with E-state index in [2.05, 4.69) is 95.4 Å². The van der Waals surface area contributed by atoms with Crippen LogP contribution in [0.1, 0.15) is 51.3 Å². The lowest BCUT2D eigenvalue weighted by Gasteiger charge is -2.29. The Balaban J connectivity index is 2.18. The van der Waals surface area contributed by atoms with Crippen LogP contribution in [-0.4, -0.2) is 0 Å². The molecule has 0 heterocycles. The van der Waals surface area contributed by atoms with Crippen LogP contribution in [0.3, 0.4) is 0 Å². The lowest BCUT2D eigenvalue weighted by Crippen LogP contribution is -2.27. The van der Waals surface area contributed by atoms with Gasteiger partial charge < -0.3 is 5.32 Å². The summed E-state index contributed by atoms with van der Waals surface area (Å²) in [6.45, 7) is 13.3. The average molecular weight is 281 g/mol. The Hall–Kier alpha value is -1.76. The van der Waals surface area contributed by atoms with Gasteiger partial charge in [0, 0.05) is 5.69 Å². The molecule has 0 spiro atoms. The van der Waals surface area contributed by atoms with Crippen LogP contribution >= 0.6 is 0 Å². The van der Waals surface area contributed by atoms with E-state index in [1.807, 2.05) is 0 Å². The maximum Gasteiger partial charge on any atom is 0.0569 e. The number of benzene rings is 2. The Bertz CT molecular complexity index is 583. The molecule has 1 heteroatoms. The molecule has 2 rings (SSSR count). The van der Waals surface area contributed by atoms with Crippen molar-refractivity contribution in [1.82, 2.24) is 0 Å². The van der Waals surface area contributed by atoms with Crippen LogP contribution in [0.2, 0.25) is 0 Å². The minimum atomic E-state index is -0.0864. The molecule has 0 bridgehead atoms. The smallest absolute Gasteiger partial charge is 0.0569 e. The second-order valence-corrected chi connectivity index (χ2v) is 7.44. The fourth-order valence-corrected chi connectivity index (χ4v) is 2.46. The molecule has 2 aromatic rings. The van der Waals surface area contributed by atoms with E-state index in [0.717, 1.165) is 5.69 Å². The molecule has 0 unspecified atom stereocenters. The summed E-state index contributed by atoms with van der Waals surface area (Å²) in [5, 5.41) is 3.63. The van der Waals surface area contributed by atoms with Gasteiger partial charge in [0.1, 0.15) is 0 Å². The molecule has 0 aliphatic rings.